The van der Waals surface area contributed by atoms with Crippen molar-refractivity contribution in [3.05, 3.63) is 63.8 Å². The van der Waals surface area contributed by atoms with E-state index < -0.39 is 0 Å². The number of amides is 1. The van der Waals surface area contributed by atoms with Gasteiger partial charge in [0.1, 0.15) is 10.4 Å². The Kier molecular flexibility index (Phi) is 4.39. The molecule has 4 aromatic rings. The molecule has 0 saturated carbocycles. The average molecular weight is 379 g/mol. The average Bonchev–Trinajstić information content (AvgIpc) is 3.17. The zero-order valence-electron chi connectivity index (χ0n) is 14.3. The SMILES string of the molecule is NCCNC(=O)c1ccc(-c2c(O)ccc3[nH]c(=O)c4sccc4c23)cc1. The standard InChI is InChI=1S/C20H17N3O3S/c21-8-9-22-19(25)12-3-1-11(2-4-12)16-15(24)6-5-14-17(16)13-7-10-27-18(13)20(26)23-14/h1-7,10,24H,8-9,21H2,(H,22,25)(H,23,26). The summed E-state index contributed by atoms with van der Waals surface area (Å²) in [5.74, 6) is -0.0823. The van der Waals surface area contributed by atoms with Gasteiger partial charge in [-0.1, -0.05) is 12.1 Å². The summed E-state index contributed by atoms with van der Waals surface area (Å²) in [6.07, 6.45) is 0. The first-order chi connectivity index (χ1) is 13.1. The number of aromatic nitrogens is 1. The maximum absolute atomic E-state index is 12.2. The van der Waals surface area contributed by atoms with E-state index in [0.29, 0.717) is 34.4 Å². The molecule has 4 rings (SSSR count). The summed E-state index contributed by atoms with van der Waals surface area (Å²) < 4.78 is 0.618. The predicted octanol–water partition coefficient (Wildman–Crippen LogP) is 2.80. The van der Waals surface area contributed by atoms with Crippen molar-refractivity contribution in [3.8, 4) is 16.9 Å². The predicted molar refractivity (Wildman–Crippen MR) is 108 cm³/mol. The number of rotatable bonds is 4. The van der Waals surface area contributed by atoms with Crippen LogP contribution in [-0.2, 0) is 0 Å². The maximum Gasteiger partial charge on any atom is 0.266 e. The summed E-state index contributed by atoms with van der Waals surface area (Å²) in [4.78, 5) is 27.2. The van der Waals surface area contributed by atoms with Gasteiger partial charge in [-0.05, 0) is 41.3 Å². The number of hydrogen-bond acceptors (Lipinski definition) is 5. The van der Waals surface area contributed by atoms with Gasteiger partial charge < -0.3 is 21.1 Å². The molecular formula is C20H17N3O3S. The second-order valence-electron chi connectivity index (χ2n) is 6.12. The van der Waals surface area contributed by atoms with E-state index in [9.17, 15) is 14.7 Å². The van der Waals surface area contributed by atoms with Gasteiger partial charge in [-0.2, -0.15) is 0 Å². The number of phenolic OH excluding ortho intramolecular Hbond substituents is 1. The molecule has 5 N–H and O–H groups in total. The van der Waals surface area contributed by atoms with Gasteiger partial charge in [0, 0.05) is 40.5 Å². The van der Waals surface area contributed by atoms with E-state index in [0.717, 1.165) is 16.3 Å². The number of carbonyl (C=O) groups is 1. The number of H-pyrrole nitrogens is 1. The van der Waals surface area contributed by atoms with Gasteiger partial charge in [0.15, 0.2) is 0 Å². The van der Waals surface area contributed by atoms with Crippen LogP contribution in [0, 0.1) is 0 Å². The molecule has 0 aliphatic heterocycles. The zero-order chi connectivity index (χ0) is 19.0. The molecule has 0 aliphatic carbocycles. The molecule has 0 aliphatic rings. The second kappa shape index (κ2) is 6.86. The van der Waals surface area contributed by atoms with Crippen molar-refractivity contribution in [2.45, 2.75) is 0 Å². The van der Waals surface area contributed by atoms with E-state index in [1.807, 2.05) is 11.4 Å². The van der Waals surface area contributed by atoms with Gasteiger partial charge in [0.05, 0.1) is 0 Å². The Morgan fingerprint density at radius 2 is 1.93 bits per heavy atom. The molecule has 1 amide bonds. The maximum atomic E-state index is 12.2. The fraction of sp³-hybridized carbons (Fsp3) is 0.100. The van der Waals surface area contributed by atoms with Crippen molar-refractivity contribution in [2.75, 3.05) is 13.1 Å². The minimum atomic E-state index is -0.196. The van der Waals surface area contributed by atoms with Crippen molar-refractivity contribution in [1.82, 2.24) is 10.3 Å². The normalized spacial score (nSPS) is 11.1. The molecule has 0 fully saturated rings. The van der Waals surface area contributed by atoms with Crippen molar-refractivity contribution in [3.63, 3.8) is 0 Å². The molecule has 6 nitrogen and oxygen atoms in total. The van der Waals surface area contributed by atoms with Crippen LogP contribution in [0.15, 0.2) is 52.6 Å². The molecule has 136 valence electrons. The Balaban J connectivity index is 1.89. The van der Waals surface area contributed by atoms with Crippen LogP contribution >= 0.6 is 11.3 Å². The molecule has 0 saturated heterocycles. The quantitative estimate of drug-likeness (QED) is 0.437. The van der Waals surface area contributed by atoms with Gasteiger partial charge in [-0.15, -0.1) is 11.3 Å². The van der Waals surface area contributed by atoms with E-state index >= 15 is 0 Å². The largest absolute Gasteiger partial charge is 0.507 e. The Morgan fingerprint density at radius 1 is 1.15 bits per heavy atom. The monoisotopic (exact) mass is 379 g/mol. The fourth-order valence-corrected chi connectivity index (χ4v) is 4.00. The number of pyridine rings is 1. The molecular weight excluding hydrogens is 362 g/mol. The minimum absolute atomic E-state index is 0.113. The van der Waals surface area contributed by atoms with Crippen molar-refractivity contribution in [1.29, 1.82) is 0 Å². The Morgan fingerprint density at radius 3 is 2.67 bits per heavy atom. The highest BCUT2D eigenvalue weighted by Gasteiger charge is 2.16. The molecule has 2 aromatic carbocycles. The molecule has 0 unspecified atom stereocenters. The summed E-state index contributed by atoms with van der Waals surface area (Å²) in [5.41, 5.74) is 7.82. The summed E-state index contributed by atoms with van der Waals surface area (Å²) >= 11 is 1.36. The van der Waals surface area contributed by atoms with E-state index in [-0.39, 0.29) is 17.2 Å². The van der Waals surface area contributed by atoms with Crippen LogP contribution in [0.5, 0.6) is 5.75 Å². The first-order valence-electron chi connectivity index (χ1n) is 8.44. The number of carbonyl (C=O) groups excluding carboxylic acids is 1. The molecule has 0 bridgehead atoms. The first-order valence-corrected chi connectivity index (χ1v) is 9.32. The molecule has 27 heavy (non-hydrogen) atoms. The number of nitrogens with one attached hydrogen (secondary N) is 2. The van der Waals surface area contributed by atoms with Gasteiger partial charge in [-0.25, -0.2) is 0 Å². The third kappa shape index (κ3) is 2.97. The third-order valence-electron chi connectivity index (χ3n) is 4.44. The molecule has 2 aromatic heterocycles. The Labute approximate surface area is 158 Å². The van der Waals surface area contributed by atoms with Gasteiger partial charge in [0.25, 0.3) is 11.5 Å². The van der Waals surface area contributed by atoms with Crippen LogP contribution < -0.4 is 16.6 Å². The van der Waals surface area contributed by atoms with E-state index in [1.165, 1.54) is 11.3 Å². The van der Waals surface area contributed by atoms with E-state index in [2.05, 4.69) is 10.3 Å². The molecule has 0 radical (unpaired) electrons. The number of fused-ring (bicyclic) bond motifs is 3. The van der Waals surface area contributed by atoms with E-state index in [1.54, 1.807) is 36.4 Å². The highest BCUT2D eigenvalue weighted by atomic mass is 32.1. The van der Waals surface area contributed by atoms with Crippen LogP contribution in [0.4, 0.5) is 0 Å². The lowest BCUT2D eigenvalue weighted by Crippen LogP contribution is -2.28. The summed E-state index contributed by atoms with van der Waals surface area (Å²) in [6, 6.07) is 12.1. The molecule has 0 atom stereocenters. The van der Waals surface area contributed by atoms with Crippen LogP contribution in [0.2, 0.25) is 0 Å². The summed E-state index contributed by atoms with van der Waals surface area (Å²) in [5, 5.41) is 16.7. The molecule has 2 heterocycles. The highest BCUT2D eigenvalue weighted by molar-refractivity contribution is 7.17. The van der Waals surface area contributed by atoms with Crippen LogP contribution in [0.25, 0.3) is 32.1 Å². The van der Waals surface area contributed by atoms with Crippen LogP contribution in [0.3, 0.4) is 0 Å². The number of phenols is 1. The number of hydrogen-bond donors (Lipinski definition) is 4. The Bertz CT molecular complexity index is 1210. The smallest absolute Gasteiger partial charge is 0.266 e. The van der Waals surface area contributed by atoms with Crippen LogP contribution in [0.1, 0.15) is 10.4 Å². The van der Waals surface area contributed by atoms with Gasteiger partial charge in [0.2, 0.25) is 0 Å². The van der Waals surface area contributed by atoms with Gasteiger partial charge in [-0.3, -0.25) is 9.59 Å². The van der Waals surface area contributed by atoms with Crippen LogP contribution in [-0.4, -0.2) is 29.1 Å². The lowest BCUT2D eigenvalue weighted by atomic mass is 9.96. The number of aromatic amines is 1. The molecule has 0 spiro atoms. The zero-order valence-corrected chi connectivity index (χ0v) is 15.1. The Hall–Kier alpha value is -3.16. The number of nitrogens with two attached hydrogens (primary N) is 1. The van der Waals surface area contributed by atoms with Crippen molar-refractivity contribution in [2.24, 2.45) is 5.73 Å². The lowest BCUT2D eigenvalue weighted by molar-refractivity contribution is 0.0955. The lowest BCUT2D eigenvalue weighted by Gasteiger charge is -2.11. The van der Waals surface area contributed by atoms with E-state index in [4.69, 9.17) is 5.73 Å². The van der Waals surface area contributed by atoms with Gasteiger partial charge >= 0.3 is 0 Å². The van der Waals surface area contributed by atoms with Crippen molar-refractivity contribution >= 4 is 38.2 Å². The topological polar surface area (TPSA) is 108 Å². The summed E-state index contributed by atoms with van der Waals surface area (Å²) in [6.45, 7) is 0.788. The first kappa shape index (κ1) is 17.3. The van der Waals surface area contributed by atoms with Crippen molar-refractivity contribution < 1.29 is 9.90 Å². The molecule has 7 heteroatoms. The number of benzene rings is 2. The second-order valence-corrected chi connectivity index (χ2v) is 7.04. The third-order valence-corrected chi connectivity index (χ3v) is 5.35. The number of thiophene rings is 1. The fourth-order valence-electron chi connectivity index (χ4n) is 3.20. The highest BCUT2D eigenvalue weighted by Crippen LogP contribution is 2.39. The number of aromatic hydroxyl groups is 1. The summed E-state index contributed by atoms with van der Waals surface area (Å²) in [7, 11) is 0. The minimum Gasteiger partial charge on any atom is -0.507 e.